The highest BCUT2D eigenvalue weighted by Gasteiger charge is 2.28. The van der Waals surface area contributed by atoms with Crippen molar-refractivity contribution in [3.05, 3.63) is 61.1 Å². The zero-order chi connectivity index (χ0) is 31.2. The van der Waals surface area contributed by atoms with Gasteiger partial charge in [-0.05, 0) is 56.7 Å². The summed E-state index contributed by atoms with van der Waals surface area (Å²) in [5, 5.41) is 10.4. The van der Waals surface area contributed by atoms with E-state index in [2.05, 4.69) is 67.6 Å². The third kappa shape index (κ3) is 7.46. The number of rotatable bonds is 10. The van der Waals surface area contributed by atoms with E-state index in [-0.39, 0.29) is 17.7 Å². The summed E-state index contributed by atoms with van der Waals surface area (Å²) < 4.78 is 20.6. The van der Waals surface area contributed by atoms with Crippen LogP contribution < -0.4 is 30.9 Å². The number of piperazine rings is 1. The SMILES string of the molecule is C=CC(=O)Nc1cc(Nc2ncc(F)c(Nc3ccccc3P(C)C)n2)c(OC)cc1N1CCC(N2CCN(C)CC2)CC1. The van der Waals surface area contributed by atoms with Crippen molar-refractivity contribution in [1.29, 1.82) is 0 Å². The number of carbonyl (C=O) groups excluding carboxylic acids is 1. The van der Waals surface area contributed by atoms with Crippen LogP contribution in [0.25, 0.3) is 0 Å². The first-order valence-electron chi connectivity index (χ1n) is 14.9. The number of methoxy groups -OCH3 is 1. The Morgan fingerprint density at radius 1 is 1.05 bits per heavy atom. The maximum Gasteiger partial charge on any atom is 0.247 e. The number of halogens is 1. The number of likely N-dealkylation sites (N-methyl/N-ethyl adjacent to an activating group) is 1. The van der Waals surface area contributed by atoms with Crippen LogP contribution in [0, 0.1) is 5.82 Å². The summed E-state index contributed by atoms with van der Waals surface area (Å²) in [7, 11) is 3.35. The second-order valence-electron chi connectivity index (χ2n) is 11.4. The van der Waals surface area contributed by atoms with Gasteiger partial charge in [-0.15, -0.1) is 0 Å². The molecule has 0 aliphatic carbocycles. The van der Waals surface area contributed by atoms with Gasteiger partial charge in [0.15, 0.2) is 11.6 Å². The highest BCUT2D eigenvalue weighted by Crippen LogP contribution is 2.40. The number of hydrogen-bond donors (Lipinski definition) is 3. The molecule has 2 fully saturated rings. The third-order valence-electron chi connectivity index (χ3n) is 8.25. The number of benzene rings is 2. The lowest BCUT2D eigenvalue weighted by molar-refractivity contribution is -0.111. The monoisotopic (exact) mass is 620 g/mol. The van der Waals surface area contributed by atoms with Crippen molar-refractivity contribution in [1.82, 2.24) is 19.8 Å². The smallest absolute Gasteiger partial charge is 0.247 e. The van der Waals surface area contributed by atoms with E-state index in [1.165, 1.54) is 6.08 Å². The first-order chi connectivity index (χ1) is 21.2. The zero-order valence-corrected chi connectivity index (χ0v) is 26.8. The number of para-hydroxylation sites is 1. The molecule has 3 heterocycles. The molecule has 2 aromatic carbocycles. The number of ether oxygens (including phenoxy) is 1. The first-order valence-corrected chi connectivity index (χ1v) is 17.1. The van der Waals surface area contributed by atoms with Crippen LogP contribution in [-0.4, -0.2) is 98.5 Å². The molecule has 0 bridgehead atoms. The second-order valence-corrected chi connectivity index (χ2v) is 13.6. The third-order valence-corrected chi connectivity index (χ3v) is 9.60. The van der Waals surface area contributed by atoms with Crippen molar-refractivity contribution in [2.45, 2.75) is 18.9 Å². The summed E-state index contributed by atoms with van der Waals surface area (Å²) in [5.74, 6) is -0.0894. The molecule has 2 saturated heterocycles. The van der Waals surface area contributed by atoms with Gasteiger partial charge in [-0.3, -0.25) is 9.69 Å². The van der Waals surface area contributed by atoms with Crippen molar-refractivity contribution >= 4 is 53.6 Å². The van der Waals surface area contributed by atoms with Crippen molar-refractivity contribution in [3.63, 3.8) is 0 Å². The quantitative estimate of drug-likeness (QED) is 0.218. The van der Waals surface area contributed by atoms with Gasteiger partial charge < -0.3 is 30.5 Å². The lowest BCUT2D eigenvalue weighted by atomic mass is 10.0. The van der Waals surface area contributed by atoms with Crippen LogP contribution in [0.15, 0.2) is 55.3 Å². The molecule has 1 aromatic heterocycles. The van der Waals surface area contributed by atoms with Crippen LogP contribution in [-0.2, 0) is 4.79 Å². The predicted octanol–water partition coefficient (Wildman–Crippen LogP) is 4.82. The molecular weight excluding hydrogens is 578 g/mol. The molecular formula is C32H42FN8O2P. The van der Waals surface area contributed by atoms with Crippen molar-refractivity contribution in [2.75, 3.05) is 87.6 Å². The highest BCUT2D eigenvalue weighted by molar-refractivity contribution is 7.64. The minimum atomic E-state index is -0.567. The van der Waals surface area contributed by atoms with E-state index in [1.54, 1.807) is 13.2 Å². The van der Waals surface area contributed by atoms with E-state index >= 15 is 0 Å². The van der Waals surface area contributed by atoms with Crippen LogP contribution in [0.2, 0.25) is 0 Å². The Labute approximate surface area is 260 Å². The fourth-order valence-corrected chi connectivity index (χ4v) is 6.77. The zero-order valence-electron chi connectivity index (χ0n) is 25.9. The molecule has 0 radical (unpaired) electrons. The lowest BCUT2D eigenvalue weighted by Crippen LogP contribution is -2.52. The van der Waals surface area contributed by atoms with Gasteiger partial charge in [0, 0.05) is 57.1 Å². The van der Waals surface area contributed by atoms with Gasteiger partial charge in [-0.2, -0.15) is 4.98 Å². The van der Waals surface area contributed by atoms with Crippen LogP contribution in [0.3, 0.4) is 0 Å². The summed E-state index contributed by atoms with van der Waals surface area (Å²) in [6, 6.07) is 12.1. The summed E-state index contributed by atoms with van der Waals surface area (Å²) >= 11 is 0. The van der Waals surface area contributed by atoms with Gasteiger partial charge in [0.25, 0.3) is 0 Å². The summed E-state index contributed by atoms with van der Waals surface area (Å²) in [6.45, 7) is 14.0. The summed E-state index contributed by atoms with van der Waals surface area (Å²) in [6.07, 6.45) is 4.47. The van der Waals surface area contributed by atoms with Gasteiger partial charge in [-0.25, -0.2) is 9.37 Å². The van der Waals surface area contributed by atoms with Crippen LogP contribution in [0.4, 0.5) is 38.9 Å². The Bertz CT molecular complexity index is 1470. The number of piperidine rings is 1. The minimum Gasteiger partial charge on any atom is -0.494 e. The summed E-state index contributed by atoms with van der Waals surface area (Å²) in [4.78, 5) is 28.4. The number of nitrogens with zero attached hydrogens (tertiary/aromatic N) is 5. The average molecular weight is 621 g/mol. The van der Waals surface area contributed by atoms with Crippen LogP contribution in [0.1, 0.15) is 12.8 Å². The van der Waals surface area contributed by atoms with Crippen LogP contribution >= 0.6 is 7.92 Å². The molecule has 12 heteroatoms. The van der Waals surface area contributed by atoms with Gasteiger partial charge in [0.1, 0.15) is 5.75 Å². The average Bonchev–Trinajstić information content (AvgIpc) is 3.03. The van der Waals surface area contributed by atoms with Crippen molar-refractivity contribution in [2.24, 2.45) is 0 Å². The van der Waals surface area contributed by atoms with Gasteiger partial charge in [0.05, 0.1) is 30.4 Å². The first kappa shape index (κ1) is 31.6. The molecule has 0 unspecified atom stereocenters. The molecule has 1 amide bonds. The number of hydrogen-bond acceptors (Lipinski definition) is 9. The predicted molar refractivity (Wildman–Crippen MR) is 180 cm³/mol. The normalized spacial score (nSPS) is 16.5. The molecule has 2 aliphatic rings. The Hall–Kier alpha value is -3.79. The molecule has 44 heavy (non-hydrogen) atoms. The Kier molecular flexibility index (Phi) is 10.3. The fraction of sp³-hybridized carbons (Fsp3) is 0.406. The van der Waals surface area contributed by atoms with Gasteiger partial charge >= 0.3 is 0 Å². The highest BCUT2D eigenvalue weighted by atomic mass is 31.1. The molecule has 0 atom stereocenters. The van der Waals surface area contributed by atoms with Crippen molar-refractivity contribution < 1.29 is 13.9 Å². The topological polar surface area (TPSA) is 97.9 Å². The molecule has 3 N–H and O–H groups in total. The molecule has 234 valence electrons. The Morgan fingerprint density at radius 3 is 2.45 bits per heavy atom. The Morgan fingerprint density at radius 2 is 1.77 bits per heavy atom. The lowest BCUT2D eigenvalue weighted by Gasteiger charge is -2.43. The Balaban J connectivity index is 1.38. The molecule has 2 aliphatic heterocycles. The number of nitrogens with one attached hydrogen (secondary N) is 3. The van der Waals surface area contributed by atoms with Crippen LogP contribution in [0.5, 0.6) is 5.75 Å². The molecule has 3 aromatic rings. The van der Waals surface area contributed by atoms with E-state index in [1.807, 2.05) is 30.3 Å². The van der Waals surface area contributed by atoms with Crippen molar-refractivity contribution in [3.8, 4) is 5.75 Å². The maximum atomic E-state index is 14.8. The second kappa shape index (κ2) is 14.3. The largest absolute Gasteiger partial charge is 0.494 e. The minimum absolute atomic E-state index is 0.0609. The molecule has 0 spiro atoms. The number of amides is 1. The fourth-order valence-electron chi connectivity index (χ4n) is 5.77. The maximum absolute atomic E-state index is 14.8. The van der Waals surface area contributed by atoms with E-state index < -0.39 is 13.7 Å². The number of anilines is 6. The van der Waals surface area contributed by atoms with E-state index in [0.717, 1.165) is 75.0 Å². The molecule has 5 rings (SSSR count). The molecule has 0 saturated carbocycles. The summed E-state index contributed by atoms with van der Waals surface area (Å²) in [5.41, 5.74) is 2.82. The standard InChI is InChI=1S/C32H42FN8O2P/c1-6-30(42)35-25-19-26(37-32-34-21-23(33)31(38-32)36-24-9-7-8-10-29(24)44(4)5)28(43-3)20-27(25)41-13-11-22(12-14-41)40-17-15-39(2)16-18-40/h6-10,19-22H,1,11-18H2,2-5H3,(H,35,42)(H2,34,36,37,38). The number of carbonyl (C=O) groups is 1. The molecule has 10 nitrogen and oxygen atoms in total. The van der Waals surface area contributed by atoms with E-state index in [4.69, 9.17) is 4.74 Å². The van der Waals surface area contributed by atoms with E-state index in [0.29, 0.717) is 23.2 Å². The van der Waals surface area contributed by atoms with Gasteiger partial charge in [-0.1, -0.05) is 32.7 Å². The number of aromatic nitrogens is 2. The van der Waals surface area contributed by atoms with E-state index in [9.17, 15) is 9.18 Å². The van der Waals surface area contributed by atoms with Gasteiger partial charge in [0.2, 0.25) is 11.9 Å².